The van der Waals surface area contributed by atoms with Crippen molar-refractivity contribution in [3.05, 3.63) is 29.8 Å². The van der Waals surface area contributed by atoms with Crippen molar-refractivity contribution in [3.8, 4) is 0 Å². The van der Waals surface area contributed by atoms with Crippen molar-refractivity contribution in [2.45, 2.75) is 6.42 Å². The predicted octanol–water partition coefficient (Wildman–Crippen LogP) is 1.36. The standard InChI is InChI=1S/C12H13NO4/c14-11(9-5-6-17-7-9)13-10-3-1-8(2-4-10)12(15)16/h1-4,9H,5-7H2,(H,13,14)(H,15,16). The summed E-state index contributed by atoms with van der Waals surface area (Å²) >= 11 is 0. The SMILES string of the molecule is O=C(O)c1ccc(NC(=O)C2CCOC2)cc1. The molecule has 1 aromatic rings. The van der Waals surface area contributed by atoms with E-state index in [1.807, 2.05) is 0 Å². The molecule has 17 heavy (non-hydrogen) atoms. The van der Waals surface area contributed by atoms with E-state index in [1.165, 1.54) is 12.1 Å². The molecule has 1 aromatic carbocycles. The topological polar surface area (TPSA) is 75.6 Å². The zero-order valence-corrected chi connectivity index (χ0v) is 9.18. The monoisotopic (exact) mass is 235 g/mol. The molecular weight excluding hydrogens is 222 g/mol. The molecule has 0 radical (unpaired) electrons. The van der Waals surface area contributed by atoms with Crippen LogP contribution in [0.5, 0.6) is 0 Å². The summed E-state index contributed by atoms with van der Waals surface area (Å²) in [4.78, 5) is 22.4. The van der Waals surface area contributed by atoms with Crippen molar-refractivity contribution in [1.82, 2.24) is 0 Å². The van der Waals surface area contributed by atoms with Gasteiger partial charge in [0.15, 0.2) is 0 Å². The Morgan fingerprint density at radius 1 is 1.29 bits per heavy atom. The summed E-state index contributed by atoms with van der Waals surface area (Å²) in [5, 5.41) is 11.5. The molecule has 1 aliphatic heterocycles. The fourth-order valence-electron chi connectivity index (χ4n) is 1.68. The van der Waals surface area contributed by atoms with Gasteiger partial charge in [-0.1, -0.05) is 0 Å². The first kappa shape index (κ1) is 11.6. The first-order chi connectivity index (χ1) is 8.16. The highest BCUT2D eigenvalue weighted by Gasteiger charge is 2.23. The zero-order valence-electron chi connectivity index (χ0n) is 9.18. The van der Waals surface area contributed by atoms with Gasteiger partial charge in [0.2, 0.25) is 5.91 Å². The van der Waals surface area contributed by atoms with Gasteiger partial charge in [-0.2, -0.15) is 0 Å². The summed E-state index contributed by atoms with van der Waals surface area (Å²) in [6, 6.07) is 6.08. The Hall–Kier alpha value is -1.88. The molecule has 0 saturated carbocycles. The maximum Gasteiger partial charge on any atom is 0.335 e. The third-order valence-electron chi connectivity index (χ3n) is 2.70. The number of benzene rings is 1. The van der Waals surface area contributed by atoms with E-state index in [4.69, 9.17) is 9.84 Å². The number of ether oxygens (including phenoxy) is 1. The minimum Gasteiger partial charge on any atom is -0.478 e. The lowest BCUT2D eigenvalue weighted by molar-refractivity contribution is -0.119. The Labute approximate surface area is 98.4 Å². The van der Waals surface area contributed by atoms with Gasteiger partial charge < -0.3 is 15.2 Å². The lowest BCUT2D eigenvalue weighted by Crippen LogP contribution is -2.22. The zero-order chi connectivity index (χ0) is 12.3. The minimum atomic E-state index is -0.980. The third-order valence-corrected chi connectivity index (χ3v) is 2.70. The van der Waals surface area contributed by atoms with Gasteiger partial charge in [-0.25, -0.2) is 4.79 Å². The number of carbonyl (C=O) groups is 2. The van der Waals surface area contributed by atoms with Crippen LogP contribution in [0.3, 0.4) is 0 Å². The Balaban J connectivity index is 1.98. The Kier molecular flexibility index (Phi) is 3.39. The highest BCUT2D eigenvalue weighted by molar-refractivity contribution is 5.93. The van der Waals surface area contributed by atoms with E-state index in [0.717, 1.165) is 6.42 Å². The van der Waals surface area contributed by atoms with Gasteiger partial charge in [-0.3, -0.25) is 4.79 Å². The number of hydrogen-bond donors (Lipinski definition) is 2. The third kappa shape index (κ3) is 2.82. The maximum absolute atomic E-state index is 11.7. The molecule has 1 unspecified atom stereocenters. The van der Waals surface area contributed by atoms with Gasteiger partial charge in [-0.05, 0) is 30.7 Å². The Morgan fingerprint density at radius 2 is 2.00 bits per heavy atom. The second kappa shape index (κ2) is 4.97. The number of rotatable bonds is 3. The first-order valence-corrected chi connectivity index (χ1v) is 5.39. The summed E-state index contributed by atoms with van der Waals surface area (Å²) in [7, 11) is 0. The molecule has 1 amide bonds. The van der Waals surface area contributed by atoms with E-state index in [-0.39, 0.29) is 17.4 Å². The maximum atomic E-state index is 11.7. The van der Waals surface area contributed by atoms with Crippen molar-refractivity contribution < 1.29 is 19.4 Å². The van der Waals surface area contributed by atoms with Crippen molar-refractivity contribution in [2.75, 3.05) is 18.5 Å². The molecular formula is C12H13NO4. The van der Waals surface area contributed by atoms with Crippen molar-refractivity contribution in [3.63, 3.8) is 0 Å². The molecule has 2 rings (SSSR count). The molecule has 1 aliphatic rings. The van der Waals surface area contributed by atoms with Crippen molar-refractivity contribution in [1.29, 1.82) is 0 Å². The smallest absolute Gasteiger partial charge is 0.335 e. The number of carboxylic acids is 1. The molecule has 0 aliphatic carbocycles. The highest BCUT2D eigenvalue weighted by Crippen LogP contribution is 2.16. The molecule has 1 atom stereocenters. The van der Waals surface area contributed by atoms with E-state index < -0.39 is 5.97 Å². The number of hydrogen-bond acceptors (Lipinski definition) is 3. The number of carboxylic acid groups (broad SMARTS) is 1. The molecule has 90 valence electrons. The summed E-state index contributed by atoms with van der Waals surface area (Å²) in [6.45, 7) is 1.08. The fourth-order valence-corrected chi connectivity index (χ4v) is 1.68. The Morgan fingerprint density at radius 3 is 2.53 bits per heavy atom. The van der Waals surface area contributed by atoms with Gasteiger partial charge in [0.05, 0.1) is 18.1 Å². The minimum absolute atomic E-state index is 0.0782. The van der Waals surface area contributed by atoms with Gasteiger partial charge in [0.25, 0.3) is 0 Å². The fraction of sp³-hybridized carbons (Fsp3) is 0.333. The molecule has 5 heteroatoms. The first-order valence-electron chi connectivity index (χ1n) is 5.39. The van der Waals surface area contributed by atoms with Crippen LogP contribution in [0.4, 0.5) is 5.69 Å². The van der Waals surface area contributed by atoms with Crippen LogP contribution in [-0.4, -0.2) is 30.2 Å². The van der Waals surface area contributed by atoms with E-state index >= 15 is 0 Å². The van der Waals surface area contributed by atoms with Crippen molar-refractivity contribution >= 4 is 17.6 Å². The number of amides is 1. The summed E-state index contributed by atoms with van der Waals surface area (Å²) in [5.74, 6) is -1.16. The normalized spacial score (nSPS) is 18.9. The summed E-state index contributed by atoms with van der Waals surface area (Å²) in [6.07, 6.45) is 0.735. The van der Waals surface area contributed by atoms with Crippen LogP contribution in [0.25, 0.3) is 0 Å². The van der Waals surface area contributed by atoms with E-state index in [1.54, 1.807) is 12.1 Å². The van der Waals surface area contributed by atoms with Crippen LogP contribution < -0.4 is 5.32 Å². The molecule has 0 bridgehead atoms. The number of carbonyl (C=O) groups excluding carboxylic acids is 1. The van der Waals surface area contributed by atoms with Gasteiger partial charge in [0.1, 0.15) is 0 Å². The van der Waals surface area contributed by atoms with Crippen molar-refractivity contribution in [2.24, 2.45) is 5.92 Å². The average molecular weight is 235 g/mol. The molecule has 5 nitrogen and oxygen atoms in total. The average Bonchev–Trinajstić information content (AvgIpc) is 2.83. The van der Waals surface area contributed by atoms with Gasteiger partial charge in [-0.15, -0.1) is 0 Å². The summed E-state index contributed by atoms with van der Waals surface area (Å²) in [5.41, 5.74) is 0.805. The Bertz CT molecular complexity index is 421. The number of nitrogens with one attached hydrogen (secondary N) is 1. The van der Waals surface area contributed by atoms with Crippen LogP contribution in [0.15, 0.2) is 24.3 Å². The van der Waals surface area contributed by atoms with E-state index in [2.05, 4.69) is 5.32 Å². The van der Waals surface area contributed by atoms with Crippen LogP contribution >= 0.6 is 0 Å². The van der Waals surface area contributed by atoms with Crippen LogP contribution in [0.1, 0.15) is 16.8 Å². The quantitative estimate of drug-likeness (QED) is 0.829. The van der Waals surface area contributed by atoms with Gasteiger partial charge in [0, 0.05) is 12.3 Å². The molecule has 2 N–H and O–H groups in total. The van der Waals surface area contributed by atoms with Crippen LogP contribution in [0.2, 0.25) is 0 Å². The molecule has 1 heterocycles. The largest absolute Gasteiger partial charge is 0.478 e. The second-order valence-corrected chi connectivity index (χ2v) is 3.93. The van der Waals surface area contributed by atoms with E-state index in [0.29, 0.717) is 18.9 Å². The second-order valence-electron chi connectivity index (χ2n) is 3.93. The molecule has 0 aromatic heterocycles. The lowest BCUT2D eigenvalue weighted by atomic mass is 10.1. The van der Waals surface area contributed by atoms with E-state index in [9.17, 15) is 9.59 Å². The molecule has 1 saturated heterocycles. The van der Waals surface area contributed by atoms with Crippen LogP contribution in [0, 0.1) is 5.92 Å². The molecule has 0 spiro atoms. The predicted molar refractivity (Wildman–Crippen MR) is 61.0 cm³/mol. The number of aromatic carboxylic acids is 1. The number of anilines is 1. The van der Waals surface area contributed by atoms with Crippen LogP contribution in [-0.2, 0) is 9.53 Å². The van der Waals surface area contributed by atoms with Gasteiger partial charge >= 0.3 is 5.97 Å². The molecule has 1 fully saturated rings. The summed E-state index contributed by atoms with van der Waals surface area (Å²) < 4.78 is 5.13. The highest BCUT2D eigenvalue weighted by atomic mass is 16.5. The lowest BCUT2D eigenvalue weighted by Gasteiger charge is -2.09.